The van der Waals surface area contributed by atoms with Crippen LogP contribution >= 0.6 is 0 Å². The molecule has 0 amide bonds. The topological polar surface area (TPSA) is 26.3 Å². The molecule has 0 aliphatic rings. The Morgan fingerprint density at radius 1 is 1.27 bits per heavy atom. The lowest BCUT2D eigenvalue weighted by atomic mass is 10.2. The van der Waals surface area contributed by atoms with Gasteiger partial charge in [-0.15, -0.1) is 0 Å². The van der Waals surface area contributed by atoms with Crippen molar-refractivity contribution in [3.05, 3.63) is 23.8 Å². The predicted octanol–water partition coefficient (Wildman–Crippen LogP) is 3.63. The Morgan fingerprint density at radius 2 is 2.00 bits per heavy atom. The molecule has 0 radical (unpaired) electrons. The molecule has 0 saturated heterocycles. The third-order valence-corrected chi connectivity index (χ3v) is 2.16. The van der Waals surface area contributed by atoms with E-state index in [2.05, 4.69) is 19.1 Å². The van der Waals surface area contributed by atoms with Crippen LogP contribution in [0.25, 0.3) is 0 Å². The lowest BCUT2D eigenvalue weighted by Gasteiger charge is -2.03. The number of carbonyl (C=O) groups excluding carboxylic acids is 1. The van der Waals surface area contributed by atoms with Gasteiger partial charge in [0.2, 0.25) is 0 Å². The van der Waals surface area contributed by atoms with E-state index in [0.717, 1.165) is 25.7 Å². The fraction of sp³-hybridized carbons (Fsp3) is 0.615. The second-order valence-electron chi connectivity index (χ2n) is 3.48. The van der Waals surface area contributed by atoms with E-state index < -0.39 is 0 Å². The first-order valence-corrected chi connectivity index (χ1v) is 5.67. The minimum absolute atomic E-state index is 0.193. The van der Waals surface area contributed by atoms with Crippen LogP contribution in [0.5, 0.6) is 0 Å². The van der Waals surface area contributed by atoms with Crippen molar-refractivity contribution in [2.45, 2.75) is 46.5 Å². The molecule has 0 aliphatic carbocycles. The Labute approximate surface area is 93.0 Å². The molecule has 15 heavy (non-hydrogen) atoms. The molecule has 0 saturated carbocycles. The molecular weight excluding hydrogens is 188 g/mol. The third kappa shape index (κ3) is 7.98. The fourth-order valence-electron chi connectivity index (χ4n) is 1.05. The summed E-state index contributed by atoms with van der Waals surface area (Å²) in [6, 6.07) is 0. The summed E-state index contributed by atoms with van der Waals surface area (Å²) >= 11 is 0. The van der Waals surface area contributed by atoms with Gasteiger partial charge in [-0.2, -0.15) is 0 Å². The lowest BCUT2D eigenvalue weighted by Crippen LogP contribution is -2.06. The number of rotatable bonds is 7. The van der Waals surface area contributed by atoms with E-state index >= 15 is 0 Å². The van der Waals surface area contributed by atoms with Crippen LogP contribution in [-0.2, 0) is 9.53 Å². The number of hydrogen-bond donors (Lipinski definition) is 0. The highest BCUT2D eigenvalue weighted by molar-refractivity contribution is 5.87. The van der Waals surface area contributed by atoms with Crippen molar-refractivity contribution in [2.24, 2.45) is 0 Å². The Balaban J connectivity index is 3.39. The van der Waals surface area contributed by atoms with Gasteiger partial charge in [0.1, 0.15) is 0 Å². The predicted molar refractivity (Wildman–Crippen MR) is 63.7 cm³/mol. The molecule has 0 heterocycles. The minimum atomic E-state index is -0.193. The van der Waals surface area contributed by atoms with Gasteiger partial charge in [-0.25, -0.2) is 4.79 Å². The van der Waals surface area contributed by atoms with Crippen molar-refractivity contribution < 1.29 is 9.53 Å². The summed E-state index contributed by atoms with van der Waals surface area (Å²) in [5.41, 5.74) is 0.681. The maximum absolute atomic E-state index is 11.2. The van der Waals surface area contributed by atoms with Crippen LogP contribution in [0, 0.1) is 0 Å². The number of allylic oxidation sites excluding steroid dienone is 3. The van der Waals surface area contributed by atoms with Crippen molar-refractivity contribution in [1.29, 1.82) is 0 Å². The van der Waals surface area contributed by atoms with E-state index in [0.29, 0.717) is 12.2 Å². The van der Waals surface area contributed by atoms with Crippen LogP contribution in [0.3, 0.4) is 0 Å². The molecule has 0 atom stereocenters. The second kappa shape index (κ2) is 9.50. The van der Waals surface area contributed by atoms with E-state index in [1.807, 2.05) is 6.92 Å². The van der Waals surface area contributed by atoms with Crippen LogP contribution in [0.4, 0.5) is 0 Å². The fourth-order valence-corrected chi connectivity index (χ4v) is 1.05. The number of carbonyl (C=O) groups is 1. The van der Waals surface area contributed by atoms with Crippen molar-refractivity contribution in [1.82, 2.24) is 0 Å². The highest BCUT2D eigenvalue weighted by Crippen LogP contribution is 2.01. The molecule has 0 fully saturated rings. The molecule has 86 valence electrons. The van der Waals surface area contributed by atoms with Gasteiger partial charge >= 0.3 is 5.97 Å². The van der Waals surface area contributed by atoms with Crippen LogP contribution < -0.4 is 0 Å². The standard InChI is InChI=1S/C13H22O2/c1-4-6-7-8-9-10-11-15-13(14)12(3)5-2/h5-7H,4,8-11H2,1-3H3/b7-6-,12-5+. The maximum Gasteiger partial charge on any atom is 0.333 e. The molecule has 0 spiro atoms. The molecule has 0 unspecified atom stereocenters. The summed E-state index contributed by atoms with van der Waals surface area (Å²) < 4.78 is 5.07. The summed E-state index contributed by atoms with van der Waals surface area (Å²) in [6.07, 6.45) is 10.3. The van der Waals surface area contributed by atoms with Crippen LogP contribution in [-0.4, -0.2) is 12.6 Å². The van der Waals surface area contributed by atoms with E-state index in [1.54, 1.807) is 13.0 Å². The quantitative estimate of drug-likeness (QED) is 0.277. The minimum Gasteiger partial charge on any atom is -0.462 e. The van der Waals surface area contributed by atoms with Crippen molar-refractivity contribution in [2.75, 3.05) is 6.61 Å². The first-order chi connectivity index (χ1) is 7.22. The van der Waals surface area contributed by atoms with Crippen molar-refractivity contribution in [3.63, 3.8) is 0 Å². The van der Waals surface area contributed by atoms with Gasteiger partial charge < -0.3 is 4.74 Å². The molecule has 0 aliphatic heterocycles. The molecular formula is C13H22O2. The molecule has 0 aromatic carbocycles. The zero-order chi connectivity index (χ0) is 11.5. The maximum atomic E-state index is 11.2. The highest BCUT2D eigenvalue weighted by atomic mass is 16.5. The van der Waals surface area contributed by atoms with Crippen molar-refractivity contribution in [3.8, 4) is 0 Å². The summed E-state index contributed by atoms with van der Waals surface area (Å²) in [5.74, 6) is -0.193. The van der Waals surface area contributed by atoms with Gasteiger partial charge in [0.05, 0.1) is 6.61 Å². The molecule has 0 N–H and O–H groups in total. The molecule has 0 rings (SSSR count). The van der Waals surface area contributed by atoms with Gasteiger partial charge in [0.25, 0.3) is 0 Å². The smallest absolute Gasteiger partial charge is 0.333 e. The van der Waals surface area contributed by atoms with Crippen molar-refractivity contribution >= 4 is 5.97 Å². The van der Waals surface area contributed by atoms with E-state index in [-0.39, 0.29) is 5.97 Å². The summed E-state index contributed by atoms with van der Waals surface area (Å²) in [4.78, 5) is 11.2. The van der Waals surface area contributed by atoms with E-state index in [4.69, 9.17) is 4.74 Å². The van der Waals surface area contributed by atoms with Gasteiger partial charge in [-0.05, 0) is 39.5 Å². The number of hydrogen-bond acceptors (Lipinski definition) is 2. The Morgan fingerprint density at radius 3 is 2.60 bits per heavy atom. The highest BCUT2D eigenvalue weighted by Gasteiger charge is 2.02. The Kier molecular flexibility index (Phi) is 8.84. The summed E-state index contributed by atoms with van der Waals surface area (Å²) in [7, 11) is 0. The van der Waals surface area contributed by atoms with E-state index in [1.165, 1.54) is 0 Å². The lowest BCUT2D eigenvalue weighted by molar-refractivity contribution is -0.139. The largest absolute Gasteiger partial charge is 0.462 e. The molecule has 2 heteroatoms. The Hall–Kier alpha value is -1.05. The first-order valence-electron chi connectivity index (χ1n) is 5.67. The van der Waals surface area contributed by atoms with Gasteiger partial charge in [-0.3, -0.25) is 0 Å². The van der Waals surface area contributed by atoms with Gasteiger partial charge in [-0.1, -0.05) is 25.2 Å². The first kappa shape index (κ1) is 13.9. The number of unbranched alkanes of at least 4 members (excludes halogenated alkanes) is 2. The SMILES string of the molecule is C/C=C(\C)C(=O)OCCCC/C=C\CC. The average molecular weight is 210 g/mol. The summed E-state index contributed by atoms with van der Waals surface area (Å²) in [5, 5.41) is 0. The Bertz CT molecular complexity index is 227. The normalized spacial score (nSPS) is 12.1. The van der Waals surface area contributed by atoms with Gasteiger partial charge in [0.15, 0.2) is 0 Å². The molecule has 0 bridgehead atoms. The second-order valence-corrected chi connectivity index (χ2v) is 3.48. The van der Waals surface area contributed by atoms with Gasteiger partial charge in [0, 0.05) is 5.57 Å². The number of ether oxygens (including phenoxy) is 1. The zero-order valence-electron chi connectivity index (χ0n) is 10.1. The third-order valence-electron chi connectivity index (χ3n) is 2.16. The van der Waals surface area contributed by atoms with Crippen LogP contribution in [0.2, 0.25) is 0 Å². The molecule has 2 nitrogen and oxygen atoms in total. The average Bonchev–Trinajstić information content (AvgIpc) is 2.26. The van der Waals surface area contributed by atoms with Crippen LogP contribution in [0.1, 0.15) is 46.5 Å². The number of esters is 1. The van der Waals surface area contributed by atoms with E-state index in [9.17, 15) is 4.79 Å². The molecule has 0 aromatic heterocycles. The monoisotopic (exact) mass is 210 g/mol. The summed E-state index contributed by atoms with van der Waals surface area (Å²) in [6.45, 7) is 6.26. The zero-order valence-corrected chi connectivity index (χ0v) is 10.1. The van der Waals surface area contributed by atoms with Crippen LogP contribution in [0.15, 0.2) is 23.8 Å². The molecule has 0 aromatic rings.